The lowest BCUT2D eigenvalue weighted by atomic mass is 10.2. The second-order valence-electron chi connectivity index (χ2n) is 6.26. The number of hydrogen-bond donors (Lipinski definition) is 4. The number of aliphatic carboxylic acids is 1. The fraction of sp³-hybridized carbons (Fsp3) is 0.833. The first kappa shape index (κ1) is 24.6. The van der Waals surface area contributed by atoms with Gasteiger partial charge in [0.2, 0.25) is 0 Å². The Hall–Kier alpha value is -1.44. The molecule has 0 aromatic heterocycles. The van der Waals surface area contributed by atoms with Crippen LogP contribution >= 0.6 is 11.8 Å². The molecule has 0 aliphatic rings. The van der Waals surface area contributed by atoms with Gasteiger partial charge in [0.25, 0.3) is 5.24 Å². The standard InChI is InChI=1S/C18H35N3O4S/c1-3-5-7-9-12-19-17(24)21-15(16(22)23)11-14-26-18(25)20-13-10-8-6-4-2/h15H,3-14H2,1-2H3,(H,20,25)(H,22,23)(H2,19,21,24). The summed E-state index contributed by atoms with van der Waals surface area (Å²) in [6.07, 6.45) is 8.74. The van der Waals surface area contributed by atoms with Gasteiger partial charge in [-0.3, -0.25) is 4.79 Å². The van der Waals surface area contributed by atoms with Crippen molar-refractivity contribution in [2.45, 2.75) is 77.7 Å². The average molecular weight is 390 g/mol. The van der Waals surface area contributed by atoms with Crippen LogP contribution in [0, 0.1) is 0 Å². The van der Waals surface area contributed by atoms with Crippen molar-refractivity contribution < 1.29 is 19.5 Å². The highest BCUT2D eigenvalue weighted by Crippen LogP contribution is 2.07. The number of carboxylic acid groups (broad SMARTS) is 1. The van der Waals surface area contributed by atoms with E-state index in [1.807, 2.05) is 0 Å². The van der Waals surface area contributed by atoms with E-state index in [1.165, 1.54) is 0 Å². The lowest BCUT2D eigenvalue weighted by Crippen LogP contribution is -2.46. The molecule has 0 aromatic rings. The number of carboxylic acids is 1. The topological polar surface area (TPSA) is 108 Å². The third-order valence-corrected chi connectivity index (χ3v) is 4.71. The van der Waals surface area contributed by atoms with Gasteiger partial charge in [-0.1, -0.05) is 64.1 Å². The lowest BCUT2D eigenvalue weighted by Gasteiger charge is -2.15. The minimum atomic E-state index is -1.09. The zero-order valence-electron chi connectivity index (χ0n) is 16.1. The minimum Gasteiger partial charge on any atom is -0.480 e. The third kappa shape index (κ3) is 14.9. The Kier molecular flexibility index (Phi) is 16.1. The highest BCUT2D eigenvalue weighted by atomic mass is 32.2. The number of rotatable bonds is 15. The summed E-state index contributed by atoms with van der Waals surface area (Å²) in [6, 6.07) is -1.46. The van der Waals surface area contributed by atoms with Gasteiger partial charge in [0.1, 0.15) is 6.04 Å². The van der Waals surface area contributed by atoms with Crippen LogP contribution in [-0.4, -0.2) is 47.2 Å². The molecule has 0 aliphatic carbocycles. The van der Waals surface area contributed by atoms with E-state index in [1.54, 1.807) is 0 Å². The largest absolute Gasteiger partial charge is 0.480 e. The van der Waals surface area contributed by atoms with E-state index in [9.17, 15) is 19.5 Å². The van der Waals surface area contributed by atoms with Crippen LogP contribution in [0.3, 0.4) is 0 Å². The summed E-state index contributed by atoms with van der Waals surface area (Å²) in [5.74, 6) is -0.749. The molecule has 1 unspecified atom stereocenters. The predicted octanol–water partition coefficient (Wildman–Crippen LogP) is 3.73. The molecule has 0 aromatic carbocycles. The number of thioether (sulfide) groups is 1. The molecule has 0 fully saturated rings. The van der Waals surface area contributed by atoms with Crippen molar-refractivity contribution in [3.05, 3.63) is 0 Å². The van der Waals surface area contributed by atoms with Crippen LogP contribution < -0.4 is 16.0 Å². The maximum absolute atomic E-state index is 11.7. The van der Waals surface area contributed by atoms with Gasteiger partial charge in [0, 0.05) is 18.8 Å². The summed E-state index contributed by atoms with van der Waals surface area (Å²) in [7, 11) is 0. The number of amides is 3. The normalized spacial score (nSPS) is 11.6. The molecule has 0 radical (unpaired) electrons. The predicted molar refractivity (Wildman–Crippen MR) is 107 cm³/mol. The molecule has 0 rings (SSSR count). The molecule has 4 N–H and O–H groups in total. The smallest absolute Gasteiger partial charge is 0.326 e. The van der Waals surface area contributed by atoms with E-state index in [0.717, 1.165) is 63.1 Å². The summed E-state index contributed by atoms with van der Waals surface area (Å²) in [4.78, 5) is 34.7. The number of carbonyl (C=O) groups excluding carboxylic acids is 2. The van der Waals surface area contributed by atoms with Crippen LogP contribution in [0.2, 0.25) is 0 Å². The van der Waals surface area contributed by atoms with E-state index in [2.05, 4.69) is 29.8 Å². The van der Waals surface area contributed by atoms with Crippen LogP contribution in [0.5, 0.6) is 0 Å². The second kappa shape index (κ2) is 17.0. The summed E-state index contributed by atoms with van der Waals surface area (Å²) in [5, 5.41) is 17.0. The number of unbranched alkanes of at least 4 members (excludes halogenated alkanes) is 6. The van der Waals surface area contributed by atoms with E-state index >= 15 is 0 Å². The van der Waals surface area contributed by atoms with Crippen molar-refractivity contribution in [3.8, 4) is 0 Å². The number of urea groups is 1. The van der Waals surface area contributed by atoms with Crippen LogP contribution in [0.15, 0.2) is 0 Å². The molecule has 1 atom stereocenters. The Morgan fingerprint density at radius 3 is 2.00 bits per heavy atom. The number of hydrogen-bond acceptors (Lipinski definition) is 4. The Bertz CT molecular complexity index is 408. The molecule has 8 heteroatoms. The highest BCUT2D eigenvalue weighted by Gasteiger charge is 2.20. The third-order valence-electron chi connectivity index (χ3n) is 3.86. The van der Waals surface area contributed by atoms with Gasteiger partial charge in [-0.15, -0.1) is 0 Å². The maximum atomic E-state index is 11.7. The van der Waals surface area contributed by atoms with Gasteiger partial charge < -0.3 is 21.1 Å². The van der Waals surface area contributed by atoms with Crippen molar-refractivity contribution in [3.63, 3.8) is 0 Å². The monoisotopic (exact) mass is 389 g/mol. The van der Waals surface area contributed by atoms with Crippen molar-refractivity contribution in [2.24, 2.45) is 0 Å². The Balaban J connectivity index is 3.89. The summed E-state index contributed by atoms with van der Waals surface area (Å²) < 4.78 is 0. The molecule has 152 valence electrons. The van der Waals surface area contributed by atoms with Crippen LogP contribution in [0.25, 0.3) is 0 Å². The molecule has 26 heavy (non-hydrogen) atoms. The molecule has 0 aliphatic heterocycles. The van der Waals surface area contributed by atoms with Crippen molar-refractivity contribution in [1.29, 1.82) is 0 Å². The minimum absolute atomic E-state index is 0.147. The Labute approximate surface area is 161 Å². The van der Waals surface area contributed by atoms with Gasteiger partial charge in [-0.05, 0) is 19.3 Å². The molecule has 3 amide bonds. The van der Waals surface area contributed by atoms with Crippen molar-refractivity contribution in [1.82, 2.24) is 16.0 Å². The summed E-state index contributed by atoms with van der Waals surface area (Å²) in [6.45, 7) is 5.43. The fourth-order valence-corrected chi connectivity index (χ4v) is 3.03. The molecule has 7 nitrogen and oxygen atoms in total. The number of nitrogens with one attached hydrogen (secondary N) is 3. The van der Waals surface area contributed by atoms with Gasteiger partial charge in [0.05, 0.1) is 0 Å². The number of carbonyl (C=O) groups is 3. The zero-order chi connectivity index (χ0) is 19.6. The first-order chi connectivity index (χ1) is 12.5. The van der Waals surface area contributed by atoms with E-state index in [4.69, 9.17) is 0 Å². The first-order valence-corrected chi connectivity index (χ1v) is 10.7. The highest BCUT2D eigenvalue weighted by molar-refractivity contribution is 8.13. The van der Waals surface area contributed by atoms with Crippen LogP contribution in [-0.2, 0) is 4.79 Å². The summed E-state index contributed by atoms with van der Waals surface area (Å²) >= 11 is 1.05. The fourth-order valence-electron chi connectivity index (χ4n) is 2.28. The molecule has 0 spiro atoms. The van der Waals surface area contributed by atoms with Gasteiger partial charge in [-0.25, -0.2) is 9.59 Å². The van der Waals surface area contributed by atoms with Gasteiger partial charge in [0.15, 0.2) is 0 Å². The molecule has 0 saturated heterocycles. The van der Waals surface area contributed by atoms with E-state index < -0.39 is 18.0 Å². The van der Waals surface area contributed by atoms with Crippen molar-refractivity contribution in [2.75, 3.05) is 18.8 Å². The molecule has 0 bridgehead atoms. The Morgan fingerprint density at radius 2 is 1.46 bits per heavy atom. The maximum Gasteiger partial charge on any atom is 0.326 e. The van der Waals surface area contributed by atoms with Gasteiger partial charge in [-0.2, -0.15) is 0 Å². The first-order valence-electron chi connectivity index (χ1n) is 9.69. The zero-order valence-corrected chi connectivity index (χ0v) is 17.0. The van der Waals surface area contributed by atoms with Gasteiger partial charge >= 0.3 is 12.0 Å². The lowest BCUT2D eigenvalue weighted by molar-refractivity contribution is -0.139. The molecule has 0 saturated carbocycles. The van der Waals surface area contributed by atoms with Crippen LogP contribution in [0.4, 0.5) is 9.59 Å². The molecular formula is C18H35N3O4S. The SMILES string of the molecule is CCCCCCNC(=O)NC(CCSC(=O)NCCCCCC)C(=O)O. The molecule has 0 heterocycles. The van der Waals surface area contributed by atoms with E-state index in [0.29, 0.717) is 18.8 Å². The molecular weight excluding hydrogens is 354 g/mol. The van der Waals surface area contributed by atoms with Crippen LogP contribution in [0.1, 0.15) is 71.6 Å². The van der Waals surface area contributed by atoms with E-state index in [-0.39, 0.29) is 11.7 Å². The average Bonchev–Trinajstić information content (AvgIpc) is 2.60. The quantitative estimate of drug-likeness (QED) is 0.319. The Morgan fingerprint density at radius 1 is 0.885 bits per heavy atom. The summed E-state index contributed by atoms with van der Waals surface area (Å²) in [5.41, 5.74) is 0. The second-order valence-corrected chi connectivity index (χ2v) is 7.33. The van der Waals surface area contributed by atoms with Crippen molar-refractivity contribution >= 4 is 29.0 Å².